The molecule has 0 amide bonds. The summed E-state index contributed by atoms with van der Waals surface area (Å²) >= 11 is 12.5. The minimum Gasteiger partial charge on any atom is -0.391 e. The van der Waals surface area contributed by atoms with E-state index in [4.69, 9.17) is 33.2 Å². The number of β-amino-alcohol motifs (C(OH)–C–C–N with tert-alkyl or cyclic N) is 1. The number of nitrogens with zero attached hydrogens (tertiary/aromatic N) is 6. The zero-order valence-electron chi connectivity index (χ0n) is 16.0. The molecule has 1 aliphatic rings. The zero-order chi connectivity index (χ0) is 20.1. The summed E-state index contributed by atoms with van der Waals surface area (Å²) in [6.45, 7) is 7.86. The number of anilines is 1. The number of fused-ring (bicyclic) bond motifs is 1. The smallest absolute Gasteiger partial charge is 0.184 e. The molecule has 3 aromatic rings. The Morgan fingerprint density at radius 2 is 2.00 bits per heavy atom. The van der Waals surface area contributed by atoms with Crippen molar-refractivity contribution in [1.82, 2.24) is 25.0 Å². The van der Waals surface area contributed by atoms with E-state index in [1.807, 2.05) is 12.1 Å². The maximum absolute atomic E-state index is 9.97. The summed E-state index contributed by atoms with van der Waals surface area (Å²) < 4.78 is 1.72. The molecule has 0 saturated carbocycles. The standard InChI is InChI=1S/C19H22Cl2N6O/c1-19(2,3)18-22-16(26-8-7-12(28)10-26)15-17(23-18)27(25-24-15)9-11-5-4-6-13(20)14(11)21/h4-6,12,28H,7-10H2,1-3H3/t12-/m0/s1. The number of rotatable bonds is 3. The SMILES string of the molecule is CC(C)(C)c1nc(N2CC[C@H](O)C2)c2nnn(Cc3cccc(Cl)c3Cl)c2n1. The summed E-state index contributed by atoms with van der Waals surface area (Å²) in [4.78, 5) is 11.6. The van der Waals surface area contributed by atoms with E-state index in [0.717, 1.165) is 17.9 Å². The van der Waals surface area contributed by atoms with Crippen molar-refractivity contribution in [2.75, 3.05) is 18.0 Å². The number of aliphatic hydroxyl groups excluding tert-OH is 1. The fraction of sp³-hybridized carbons (Fsp3) is 0.474. The fourth-order valence-electron chi connectivity index (χ4n) is 3.27. The number of halogens is 2. The van der Waals surface area contributed by atoms with Crippen molar-refractivity contribution in [3.8, 4) is 0 Å². The van der Waals surface area contributed by atoms with Crippen LogP contribution < -0.4 is 4.90 Å². The Morgan fingerprint density at radius 1 is 1.21 bits per heavy atom. The maximum atomic E-state index is 9.97. The first-order valence-corrected chi connectivity index (χ1v) is 9.97. The van der Waals surface area contributed by atoms with E-state index in [1.54, 1.807) is 10.7 Å². The lowest BCUT2D eigenvalue weighted by molar-refractivity contribution is 0.198. The first kappa shape index (κ1) is 19.4. The lowest BCUT2D eigenvalue weighted by Crippen LogP contribution is -2.25. The van der Waals surface area contributed by atoms with Gasteiger partial charge in [0.1, 0.15) is 5.82 Å². The van der Waals surface area contributed by atoms with Gasteiger partial charge >= 0.3 is 0 Å². The number of benzene rings is 1. The highest BCUT2D eigenvalue weighted by Crippen LogP contribution is 2.31. The van der Waals surface area contributed by atoms with Gasteiger partial charge in [-0.3, -0.25) is 0 Å². The summed E-state index contributed by atoms with van der Waals surface area (Å²) in [6.07, 6.45) is 0.353. The molecule has 0 bridgehead atoms. The highest BCUT2D eigenvalue weighted by molar-refractivity contribution is 6.42. The van der Waals surface area contributed by atoms with E-state index in [9.17, 15) is 5.11 Å². The second-order valence-corrected chi connectivity index (χ2v) is 8.93. The number of aromatic nitrogens is 5. The molecule has 1 aromatic carbocycles. The molecule has 1 saturated heterocycles. The molecule has 28 heavy (non-hydrogen) atoms. The summed E-state index contributed by atoms with van der Waals surface area (Å²) in [5, 5.41) is 19.6. The predicted molar refractivity (Wildman–Crippen MR) is 110 cm³/mol. The monoisotopic (exact) mass is 420 g/mol. The normalized spacial score (nSPS) is 17.6. The minimum absolute atomic E-state index is 0.246. The molecule has 0 spiro atoms. The van der Waals surface area contributed by atoms with Crippen LogP contribution in [0.15, 0.2) is 18.2 Å². The molecule has 0 aliphatic carbocycles. The number of hydrogen-bond donors (Lipinski definition) is 1. The predicted octanol–water partition coefficient (Wildman–Crippen LogP) is 3.44. The molecule has 7 nitrogen and oxygen atoms in total. The fourth-order valence-corrected chi connectivity index (χ4v) is 3.65. The molecule has 148 valence electrons. The minimum atomic E-state index is -0.358. The van der Waals surface area contributed by atoms with Crippen LogP contribution in [-0.4, -0.2) is 49.3 Å². The summed E-state index contributed by atoms with van der Waals surface area (Å²) in [5.41, 5.74) is 1.87. The second-order valence-electron chi connectivity index (χ2n) is 8.14. The van der Waals surface area contributed by atoms with Crippen LogP contribution in [0.2, 0.25) is 10.0 Å². The Kier molecular flexibility index (Phi) is 4.93. The lowest BCUT2D eigenvalue weighted by atomic mass is 9.96. The Balaban J connectivity index is 1.84. The Morgan fingerprint density at radius 3 is 2.68 bits per heavy atom. The molecule has 0 unspecified atom stereocenters. The van der Waals surface area contributed by atoms with Crippen LogP contribution in [0.1, 0.15) is 38.6 Å². The molecule has 1 fully saturated rings. The molecule has 4 rings (SSSR count). The van der Waals surface area contributed by atoms with Crippen LogP contribution in [0.5, 0.6) is 0 Å². The van der Waals surface area contributed by atoms with Gasteiger partial charge in [0.05, 0.1) is 22.7 Å². The van der Waals surface area contributed by atoms with Crippen molar-refractivity contribution in [1.29, 1.82) is 0 Å². The zero-order valence-corrected chi connectivity index (χ0v) is 17.5. The van der Waals surface area contributed by atoms with Gasteiger partial charge in [-0.2, -0.15) is 0 Å². The molecule has 1 aliphatic heterocycles. The van der Waals surface area contributed by atoms with Gasteiger partial charge < -0.3 is 10.0 Å². The van der Waals surface area contributed by atoms with Crippen molar-refractivity contribution in [2.24, 2.45) is 0 Å². The van der Waals surface area contributed by atoms with Crippen LogP contribution >= 0.6 is 23.2 Å². The van der Waals surface area contributed by atoms with E-state index in [1.165, 1.54) is 0 Å². The molecule has 3 heterocycles. The first-order chi connectivity index (χ1) is 13.2. The van der Waals surface area contributed by atoms with Gasteiger partial charge in [0.15, 0.2) is 17.0 Å². The quantitative estimate of drug-likeness (QED) is 0.698. The second kappa shape index (κ2) is 7.13. The van der Waals surface area contributed by atoms with E-state index >= 15 is 0 Å². The van der Waals surface area contributed by atoms with Crippen molar-refractivity contribution >= 4 is 40.2 Å². The number of aliphatic hydroxyl groups is 1. The molecular formula is C19H22Cl2N6O. The third-order valence-corrected chi connectivity index (χ3v) is 5.69. The third kappa shape index (κ3) is 3.54. The summed E-state index contributed by atoms with van der Waals surface area (Å²) in [5.74, 6) is 1.42. The Bertz CT molecular complexity index is 1030. The van der Waals surface area contributed by atoms with Gasteiger partial charge in [0, 0.05) is 18.5 Å². The third-order valence-electron chi connectivity index (χ3n) is 4.83. The number of hydrogen-bond acceptors (Lipinski definition) is 6. The highest BCUT2D eigenvalue weighted by atomic mass is 35.5. The first-order valence-electron chi connectivity index (χ1n) is 9.21. The highest BCUT2D eigenvalue weighted by Gasteiger charge is 2.28. The van der Waals surface area contributed by atoms with Gasteiger partial charge in [-0.15, -0.1) is 5.10 Å². The van der Waals surface area contributed by atoms with Crippen molar-refractivity contribution in [2.45, 2.75) is 45.3 Å². The Labute approximate surface area is 173 Å². The van der Waals surface area contributed by atoms with Crippen molar-refractivity contribution in [3.05, 3.63) is 39.6 Å². The van der Waals surface area contributed by atoms with E-state index < -0.39 is 0 Å². The average Bonchev–Trinajstić information content (AvgIpc) is 3.24. The molecule has 9 heteroatoms. The van der Waals surface area contributed by atoms with Crippen LogP contribution in [0.3, 0.4) is 0 Å². The van der Waals surface area contributed by atoms with Gasteiger partial charge in [0.25, 0.3) is 0 Å². The Hall–Kier alpha value is -1.96. The largest absolute Gasteiger partial charge is 0.391 e. The van der Waals surface area contributed by atoms with E-state index in [2.05, 4.69) is 36.0 Å². The molecule has 2 aromatic heterocycles. The van der Waals surface area contributed by atoms with Gasteiger partial charge in [-0.25, -0.2) is 14.6 Å². The topological polar surface area (TPSA) is 80.0 Å². The van der Waals surface area contributed by atoms with Gasteiger partial charge in [-0.1, -0.05) is 61.3 Å². The van der Waals surface area contributed by atoms with Crippen molar-refractivity contribution in [3.63, 3.8) is 0 Å². The average molecular weight is 421 g/mol. The van der Waals surface area contributed by atoms with Crippen LogP contribution in [0.25, 0.3) is 11.2 Å². The van der Waals surface area contributed by atoms with Gasteiger partial charge in [-0.05, 0) is 18.1 Å². The molecule has 1 N–H and O–H groups in total. The van der Waals surface area contributed by atoms with E-state index in [-0.39, 0.29) is 11.5 Å². The van der Waals surface area contributed by atoms with Crippen molar-refractivity contribution < 1.29 is 5.11 Å². The van der Waals surface area contributed by atoms with E-state index in [0.29, 0.717) is 46.5 Å². The van der Waals surface area contributed by atoms with Crippen LogP contribution in [-0.2, 0) is 12.0 Å². The van der Waals surface area contributed by atoms with Crippen LogP contribution in [0.4, 0.5) is 5.82 Å². The van der Waals surface area contributed by atoms with Crippen LogP contribution in [0, 0.1) is 0 Å². The molecular weight excluding hydrogens is 399 g/mol. The maximum Gasteiger partial charge on any atom is 0.184 e. The molecule has 1 atom stereocenters. The molecule has 0 radical (unpaired) electrons. The lowest BCUT2D eigenvalue weighted by Gasteiger charge is -2.22. The summed E-state index contributed by atoms with van der Waals surface area (Å²) in [7, 11) is 0. The van der Waals surface area contributed by atoms with Gasteiger partial charge in [0.2, 0.25) is 0 Å². The summed E-state index contributed by atoms with van der Waals surface area (Å²) in [6, 6.07) is 5.52.